The molecule has 16 heavy (non-hydrogen) atoms. The lowest BCUT2D eigenvalue weighted by molar-refractivity contribution is 0.179. The maximum Gasteiger partial charge on any atom is 0.217 e. The van der Waals surface area contributed by atoms with E-state index in [1.807, 2.05) is 0 Å². The Morgan fingerprint density at radius 2 is 2.00 bits per heavy atom. The first kappa shape index (κ1) is 10.4. The Labute approximate surface area is 99.6 Å². The lowest BCUT2D eigenvalue weighted by atomic mass is 10.4. The summed E-state index contributed by atoms with van der Waals surface area (Å²) in [6, 6.07) is 0. The van der Waals surface area contributed by atoms with Gasteiger partial charge in [0.1, 0.15) is 5.82 Å². The monoisotopic (exact) mass is 239 g/mol. The van der Waals surface area contributed by atoms with Gasteiger partial charge < -0.3 is 4.90 Å². The third kappa shape index (κ3) is 2.34. The summed E-state index contributed by atoms with van der Waals surface area (Å²) in [5.41, 5.74) is 3.36. The van der Waals surface area contributed by atoms with Crippen LogP contribution in [0.1, 0.15) is 24.6 Å². The van der Waals surface area contributed by atoms with Crippen molar-refractivity contribution in [3.05, 3.63) is 5.82 Å². The fourth-order valence-electron chi connectivity index (χ4n) is 1.84. The Balaban J connectivity index is 1.56. The van der Waals surface area contributed by atoms with Gasteiger partial charge in [0.25, 0.3) is 0 Å². The molecule has 0 radical (unpaired) electrons. The van der Waals surface area contributed by atoms with Crippen LogP contribution in [0.4, 0.5) is 5.13 Å². The van der Waals surface area contributed by atoms with Crippen LogP contribution in [0.5, 0.6) is 0 Å². The Morgan fingerprint density at radius 1 is 1.25 bits per heavy atom. The molecule has 1 aromatic rings. The largest absolute Gasteiger partial charge is 0.304 e. The number of aromatic nitrogens is 2. The second-order valence-electron chi connectivity index (χ2n) is 4.63. The maximum atomic E-state index is 4.53. The van der Waals surface area contributed by atoms with Crippen LogP contribution in [0.25, 0.3) is 0 Å². The number of hydrazine groups is 1. The van der Waals surface area contributed by atoms with Crippen molar-refractivity contribution in [3.8, 4) is 0 Å². The molecule has 0 spiro atoms. The Morgan fingerprint density at radius 3 is 2.69 bits per heavy atom. The topological polar surface area (TPSA) is 44.3 Å². The first-order valence-electron chi connectivity index (χ1n) is 5.85. The van der Waals surface area contributed by atoms with Crippen LogP contribution in [0.2, 0.25) is 0 Å². The van der Waals surface area contributed by atoms with Crippen molar-refractivity contribution in [2.24, 2.45) is 0 Å². The van der Waals surface area contributed by atoms with E-state index in [0.717, 1.165) is 37.1 Å². The van der Waals surface area contributed by atoms with Gasteiger partial charge in [-0.1, -0.05) is 0 Å². The smallest absolute Gasteiger partial charge is 0.217 e. The molecule has 5 nitrogen and oxygen atoms in total. The second-order valence-corrected chi connectivity index (χ2v) is 5.39. The van der Waals surface area contributed by atoms with Crippen molar-refractivity contribution in [3.63, 3.8) is 0 Å². The molecular formula is C10H17N5S. The van der Waals surface area contributed by atoms with Gasteiger partial charge in [0.05, 0.1) is 0 Å². The van der Waals surface area contributed by atoms with Crippen molar-refractivity contribution < 1.29 is 0 Å². The third-order valence-corrected chi connectivity index (χ3v) is 3.78. The first-order valence-corrected chi connectivity index (χ1v) is 6.62. The van der Waals surface area contributed by atoms with E-state index in [0.29, 0.717) is 5.92 Å². The Bertz CT molecular complexity index is 354. The van der Waals surface area contributed by atoms with Gasteiger partial charge in [0.15, 0.2) is 0 Å². The number of nitrogens with zero attached hydrogens (tertiary/aromatic N) is 4. The van der Waals surface area contributed by atoms with E-state index in [9.17, 15) is 0 Å². The van der Waals surface area contributed by atoms with Gasteiger partial charge in [-0.3, -0.25) is 5.43 Å². The van der Waals surface area contributed by atoms with Crippen molar-refractivity contribution in [2.45, 2.75) is 18.8 Å². The van der Waals surface area contributed by atoms with E-state index in [2.05, 4.69) is 31.7 Å². The number of hydrogen-bond acceptors (Lipinski definition) is 6. The number of anilines is 1. The molecule has 1 aromatic heterocycles. The Hall–Kier alpha value is -0.720. The van der Waals surface area contributed by atoms with Gasteiger partial charge in [0, 0.05) is 43.6 Å². The fourth-order valence-corrected chi connectivity index (χ4v) is 2.52. The lowest BCUT2D eigenvalue weighted by Crippen LogP contribution is -2.46. The van der Waals surface area contributed by atoms with Crippen molar-refractivity contribution in [1.82, 2.24) is 19.3 Å². The first-order chi connectivity index (χ1) is 7.81. The van der Waals surface area contributed by atoms with E-state index in [4.69, 9.17) is 0 Å². The molecule has 1 saturated carbocycles. The molecule has 1 aliphatic carbocycles. The molecule has 0 bridgehead atoms. The van der Waals surface area contributed by atoms with Gasteiger partial charge >= 0.3 is 0 Å². The van der Waals surface area contributed by atoms with Crippen molar-refractivity contribution in [2.75, 3.05) is 38.7 Å². The molecule has 1 aliphatic heterocycles. The van der Waals surface area contributed by atoms with Crippen molar-refractivity contribution in [1.29, 1.82) is 0 Å². The molecule has 1 N–H and O–H groups in total. The highest BCUT2D eigenvalue weighted by Gasteiger charge is 2.28. The highest BCUT2D eigenvalue weighted by molar-refractivity contribution is 7.09. The van der Waals surface area contributed by atoms with Gasteiger partial charge in [-0.15, -0.1) is 0 Å². The summed E-state index contributed by atoms with van der Waals surface area (Å²) < 4.78 is 4.39. The minimum absolute atomic E-state index is 0.652. The standard InChI is InChI=1S/C10H17N5S/c1-14-4-6-15(7-5-14)12-10-11-9(13-16-10)8-2-3-8/h8H,2-7H2,1H3,(H,11,12,13). The van der Waals surface area contributed by atoms with Crippen LogP contribution in [-0.2, 0) is 0 Å². The van der Waals surface area contributed by atoms with E-state index in [1.54, 1.807) is 0 Å². The lowest BCUT2D eigenvalue weighted by Gasteiger charge is -2.32. The minimum Gasteiger partial charge on any atom is -0.304 e. The quantitative estimate of drug-likeness (QED) is 0.852. The second kappa shape index (κ2) is 4.27. The summed E-state index contributed by atoms with van der Waals surface area (Å²) >= 11 is 1.48. The molecule has 1 saturated heterocycles. The molecule has 3 rings (SSSR count). The summed E-state index contributed by atoms with van der Waals surface area (Å²) in [6.45, 7) is 4.33. The normalized spacial score (nSPS) is 23.6. The van der Waals surface area contributed by atoms with Crippen LogP contribution in [0, 0.1) is 0 Å². The van der Waals surface area contributed by atoms with Gasteiger partial charge in [0.2, 0.25) is 5.13 Å². The van der Waals surface area contributed by atoms with Crippen LogP contribution in [0.3, 0.4) is 0 Å². The molecule has 88 valence electrons. The van der Waals surface area contributed by atoms with E-state index < -0.39 is 0 Å². The van der Waals surface area contributed by atoms with Crippen LogP contribution in [0.15, 0.2) is 0 Å². The summed E-state index contributed by atoms with van der Waals surface area (Å²) in [5, 5.41) is 3.18. The van der Waals surface area contributed by atoms with Gasteiger partial charge in [-0.25, -0.2) is 9.99 Å². The molecule has 6 heteroatoms. The number of rotatable bonds is 3. The zero-order chi connectivity index (χ0) is 11.0. The summed E-state index contributed by atoms with van der Waals surface area (Å²) in [4.78, 5) is 6.87. The zero-order valence-electron chi connectivity index (χ0n) is 9.52. The average Bonchev–Trinajstić information content (AvgIpc) is 3.04. The predicted octanol–water partition coefficient (Wildman–Crippen LogP) is 0.990. The number of piperazine rings is 1. The molecule has 0 aromatic carbocycles. The molecule has 0 amide bonds. The molecule has 2 heterocycles. The summed E-state index contributed by atoms with van der Waals surface area (Å²) in [7, 11) is 2.16. The highest BCUT2D eigenvalue weighted by Crippen LogP contribution is 2.39. The third-order valence-electron chi connectivity index (χ3n) is 3.14. The maximum absolute atomic E-state index is 4.53. The number of nitrogens with one attached hydrogen (secondary N) is 1. The van der Waals surface area contributed by atoms with E-state index in [1.165, 1.54) is 24.4 Å². The van der Waals surface area contributed by atoms with E-state index >= 15 is 0 Å². The zero-order valence-corrected chi connectivity index (χ0v) is 10.3. The molecular weight excluding hydrogens is 222 g/mol. The number of hydrogen-bond donors (Lipinski definition) is 1. The van der Waals surface area contributed by atoms with Crippen molar-refractivity contribution >= 4 is 16.7 Å². The fraction of sp³-hybridized carbons (Fsp3) is 0.800. The predicted molar refractivity (Wildman–Crippen MR) is 64.6 cm³/mol. The highest BCUT2D eigenvalue weighted by atomic mass is 32.1. The minimum atomic E-state index is 0.652. The molecule has 2 fully saturated rings. The molecule has 0 atom stereocenters. The van der Waals surface area contributed by atoms with E-state index in [-0.39, 0.29) is 0 Å². The van der Waals surface area contributed by atoms with Gasteiger partial charge in [-0.05, 0) is 19.9 Å². The van der Waals surface area contributed by atoms with Crippen LogP contribution >= 0.6 is 11.5 Å². The van der Waals surface area contributed by atoms with Crippen LogP contribution in [-0.4, -0.2) is 52.5 Å². The molecule has 0 unspecified atom stereocenters. The molecule has 2 aliphatic rings. The average molecular weight is 239 g/mol. The Kier molecular flexibility index (Phi) is 2.79. The number of likely N-dealkylation sites (N-methyl/N-ethyl adjacent to an activating group) is 1. The van der Waals surface area contributed by atoms with Gasteiger partial charge in [-0.2, -0.15) is 4.37 Å². The summed E-state index contributed by atoms with van der Waals surface area (Å²) in [6.07, 6.45) is 2.54. The van der Waals surface area contributed by atoms with Crippen LogP contribution < -0.4 is 5.43 Å². The summed E-state index contributed by atoms with van der Waals surface area (Å²) in [5.74, 6) is 1.70. The SMILES string of the molecule is CN1CCN(Nc2nc(C3CC3)ns2)CC1.